The molecule has 5 nitrogen and oxygen atoms in total. The number of aromatic amines is 1. The Morgan fingerprint density at radius 1 is 1.44 bits per heavy atom. The number of H-pyrrole nitrogens is 1. The van der Waals surface area contributed by atoms with E-state index >= 15 is 0 Å². The van der Waals surface area contributed by atoms with Crippen LogP contribution in [-0.2, 0) is 0 Å². The van der Waals surface area contributed by atoms with Gasteiger partial charge in [-0.15, -0.1) is 0 Å². The average Bonchev–Trinajstić information content (AvgIpc) is 2.64. The summed E-state index contributed by atoms with van der Waals surface area (Å²) in [7, 11) is 0. The molecule has 0 saturated carbocycles. The topological polar surface area (TPSA) is 70.7 Å². The van der Waals surface area contributed by atoms with Crippen molar-refractivity contribution in [1.82, 2.24) is 15.2 Å². The second-order valence-electron chi connectivity index (χ2n) is 3.28. The van der Waals surface area contributed by atoms with Crippen LogP contribution in [0.15, 0.2) is 29.0 Å². The number of aryl methyl sites for hydroxylation is 1. The van der Waals surface area contributed by atoms with Gasteiger partial charge in [0.1, 0.15) is 0 Å². The molecule has 0 bridgehead atoms. The maximum atomic E-state index is 11.7. The molecular formula is C10H9BrN4O. The van der Waals surface area contributed by atoms with E-state index in [9.17, 15) is 4.79 Å². The molecule has 2 N–H and O–H groups in total. The molecule has 0 aliphatic carbocycles. The van der Waals surface area contributed by atoms with Gasteiger partial charge in [-0.25, -0.2) is 0 Å². The van der Waals surface area contributed by atoms with E-state index < -0.39 is 0 Å². The first-order chi connectivity index (χ1) is 7.65. The Kier molecular flexibility index (Phi) is 3.00. The SMILES string of the molecule is Cc1cc(NC(=O)c2cncc(Br)c2)n[nH]1. The van der Waals surface area contributed by atoms with Gasteiger partial charge in [0.2, 0.25) is 0 Å². The Morgan fingerprint density at radius 2 is 2.25 bits per heavy atom. The van der Waals surface area contributed by atoms with E-state index in [2.05, 4.69) is 36.4 Å². The summed E-state index contributed by atoms with van der Waals surface area (Å²) in [5.74, 6) is 0.266. The minimum absolute atomic E-state index is 0.236. The van der Waals surface area contributed by atoms with Crippen LogP contribution in [0.4, 0.5) is 5.82 Å². The van der Waals surface area contributed by atoms with E-state index in [-0.39, 0.29) is 5.91 Å². The van der Waals surface area contributed by atoms with Crippen LogP contribution >= 0.6 is 15.9 Å². The van der Waals surface area contributed by atoms with Gasteiger partial charge in [-0.05, 0) is 28.9 Å². The number of pyridine rings is 1. The van der Waals surface area contributed by atoms with Gasteiger partial charge in [0.15, 0.2) is 5.82 Å². The van der Waals surface area contributed by atoms with Crippen molar-refractivity contribution in [2.75, 3.05) is 5.32 Å². The predicted octanol–water partition coefficient (Wildman–Crippen LogP) is 2.13. The Bertz CT molecular complexity index is 523. The Labute approximate surface area is 100 Å². The number of anilines is 1. The van der Waals surface area contributed by atoms with Gasteiger partial charge in [-0.3, -0.25) is 14.9 Å². The van der Waals surface area contributed by atoms with Gasteiger partial charge >= 0.3 is 0 Å². The number of aromatic nitrogens is 3. The molecule has 0 aromatic carbocycles. The summed E-state index contributed by atoms with van der Waals surface area (Å²) in [6, 6.07) is 3.45. The summed E-state index contributed by atoms with van der Waals surface area (Å²) in [5.41, 5.74) is 1.37. The highest BCUT2D eigenvalue weighted by molar-refractivity contribution is 9.10. The van der Waals surface area contributed by atoms with Crippen LogP contribution in [0.1, 0.15) is 16.1 Å². The molecule has 0 aliphatic heterocycles. The third kappa shape index (κ3) is 2.46. The molecule has 82 valence electrons. The number of carbonyl (C=O) groups is 1. The standard InChI is InChI=1S/C10H9BrN4O/c1-6-2-9(15-14-6)13-10(16)7-3-8(11)5-12-4-7/h2-5H,1H3,(H2,13,14,15,16). The van der Waals surface area contributed by atoms with Crippen molar-refractivity contribution in [3.63, 3.8) is 0 Å². The summed E-state index contributed by atoms with van der Waals surface area (Å²) < 4.78 is 0.762. The summed E-state index contributed by atoms with van der Waals surface area (Å²) >= 11 is 3.26. The number of carbonyl (C=O) groups excluding carboxylic acids is 1. The first-order valence-corrected chi connectivity index (χ1v) is 5.38. The van der Waals surface area contributed by atoms with Crippen LogP contribution in [-0.4, -0.2) is 21.1 Å². The fourth-order valence-electron chi connectivity index (χ4n) is 1.21. The number of hydrogen-bond acceptors (Lipinski definition) is 3. The molecule has 2 rings (SSSR count). The molecule has 0 unspecified atom stereocenters. The molecule has 16 heavy (non-hydrogen) atoms. The lowest BCUT2D eigenvalue weighted by Gasteiger charge is -2.01. The van der Waals surface area contributed by atoms with Crippen molar-refractivity contribution in [3.8, 4) is 0 Å². The molecule has 0 aliphatic rings. The third-order valence-electron chi connectivity index (χ3n) is 1.91. The monoisotopic (exact) mass is 280 g/mol. The zero-order chi connectivity index (χ0) is 11.5. The van der Waals surface area contributed by atoms with Crippen LogP contribution < -0.4 is 5.32 Å². The van der Waals surface area contributed by atoms with E-state index in [0.717, 1.165) is 10.2 Å². The minimum Gasteiger partial charge on any atom is -0.305 e. The van der Waals surface area contributed by atoms with Gasteiger partial charge in [0.05, 0.1) is 5.56 Å². The van der Waals surface area contributed by atoms with Crippen LogP contribution in [0.2, 0.25) is 0 Å². The van der Waals surface area contributed by atoms with E-state index in [1.807, 2.05) is 6.92 Å². The van der Waals surface area contributed by atoms with Crippen LogP contribution in [0.5, 0.6) is 0 Å². The van der Waals surface area contributed by atoms with Crippen molar-refractivity contribution in [1.29, 1.82) is 0 Å². The smallest absolute Gasteiger partial charge is 0.258 e. The lowest BCUT2D eigenvalue weighted by atomic mass is 10.3. The number of halogens is 1. The van der Waals surface area contributed by atoms with E-state index in [1.165, 1.54) is 6.20 Å². The minimum atomic E-state index is -0.236. The number of amides is 1. The molecule has 1 amide bonds. The maximum Gasteiger partial charge on any atom is 0.258 e. The molecule has 2 aromatic rings. The highest BCUT2D eigenvalue weighted by Crippen LogP contribution is 2.11. The van der Waals surface area contributed by atoms with Crippen LogP contribution in [0.25, 0.3) is 0 Å². The van der Waals surface area contributed by atoms with E-state index in [1.54, 1.807) is 18.3 Å². The highest BCUT2D eigenvalue weighted by atomic mass is 79.9. The molecule has 0 spiro atoms. The molecule has 2 aromatic heterocycles. The summed E-state index contributed by atoms with van der Waals surface area (Å²) in [4.78, 5) is 15.7. The summed E-state index contributed by atoms with van der Waals surface area (Å²) in [6.45, 7) is 1.86. The molecule has 6 heteroatoms. The number of nitrogens with one attached hydrogen (secondary N) is 2. The van der Waals surface area contributed by atoms with E-state index in [0.29, 0.717) is 11.4 Å². The van der Waals surface area contributed by atoms with Crippen molar-refractivity contribution in [3.05, 3.63) is 40.3 Å². The Balaban J connectivity index is 2.14. The summed E-state index contributed by atoms with van der Waals surface area (Å²) in [6.07, 6.45) is 3.12. The van der Waals surface area contributed by atoms with Crippen molar-refractivity contribution in [2.24, 2.45) is 0 Å². The molecule has 0 atom stereocenters. The average molecular weight is 281 g/mol. The third-order valence-corrected chi connectivity index (χ3v) is 2.35. The molecular weight excluding hydrogens is 272 g/mol. The van der Waals surface area contributed by atoms with Crippen molar-refractivity contribution in [2.45, 2.75) is 6.92 Å². The zero-order valence-corrected chi connectivity index (χ0v) is 10.1. The number of rotatable bonds is 2. The van der Waals surface area contributed by atoms with Crippen LogP contribution in [0.3, 0.4) is 0 Å². The zero-order valence-electron chi connectivity index (χ0n) is 8.49. The second-order valence-corrected chi connectivity index (χ2v) is 4.20. The molecule has 0 saturated heterocycles. The van der Waals surface area contributed by atoms with Gasteiger partial charge in [0, 0.05) is 28.6 Å². The fraction of sp³-hybridized carbons (Fsp3) is 0.100. The quantitative estimate of drug-likeness (QED) is 0.885. The molecule has 0 radical (unpaired) electrons. The van der Waals surface area contributed by atoms with E-state index in [4.69, 9.17) is 0 Å². The van der Waals surface area contributed by atoms with Crippen molar-refractivity contribution >= 4 is 27.7 Å². The summed E-state index contributed by atoms with van der Waals surface area (Å²) in [5, 5.41) is 9.33. The number of nitrogens with zero attached hydrogens (tertiary/aromatic N) is 2. The van der Waals surface area contributed by atoms with Crippen molar-refractivity contribution < 1.29 is 4.79 Å². The maximum absolute atomic E-state index is 11.7. The van der Waals surface area contributed by atoms with Gasteiger partial charge in [0.25, 0.3) is 5.91 Å². The Morgan fingerprint density at radius 3 is 2.88 bits per heavy atom. The van der Waals surface area contributed by atoms with Gasteiger partial charge in [-0.1, -0.05) is 0 Å². The lowest BCUT2D eigenvalue weighted by Crippen LogP contribution is -2.12. The second kappa shape index (κ2) is 4.44. The van der Waals surface area contributed by atoms with Gasteiger partial charge < -0.3 is 5.32 Å². The molecule has 2 heterocycles. The molecule has 0 fully saturated rings. The first-order valence-electron chi connectivity index (χ1n) is 4.59. The largest absolute Gasteiger partial charge is 0.305 e. The normalized spacial score (nSPS) is 10.1. The predicted molar refractivity (Wildman–Crippen MR) is 63.2 cm³/mol. The lowest BCUT2D eigenvalue weighted by molar-refractivity contribution is 0.102. The highest BCUT2D eigenvalue weighted by Gasteiger charge is 2.08. The number of hydrogen-bond donors (Lipinski definition) is 2. The fourth-order valence-corrected chi connectivity index (χ4v) is 1.57. The van der Waals surface area contributed by atoms with Gasteiger partial charge in [-0.2, -0.15) is 5.10 Å². The Hall–Kier alpha value is -1.69. The first kappa shape index (κ1) is 10.8. The van der Waals surface area contributed by atoms with Crippen LogP contribution in [0, 0.1) is 6.92 Å².